The lowest BCUT2D eigenvalue weighted by atomic mass is 10.3. The van der Waals surface area contributed by atoms with Gasteiger partial charge < -0.3 is 4.90 Å². The van der Waals surface area contributed by atoms with Crippen LogP contribution < -0.4 is 4.90 Å². The van der Waals surface area contributed by atoms with Crippen molar-refractivity contribution in [3.8, 4) is 5.69 Å². The molecule has 0 saturated carbocycles. The molecule has 0 atom stereocenters. The summed E-state index contributed by atoms with van der Waals surface area (Å²) in [6.07, 6.45) is 5.25. The Kier molecular flexibility index (Phi) is 3.47. The number of hydrogen-bond donors (Lipinski definition) is 0. The van der Waals surface area contributed by atoms with E-state index in [0.717, 1.165) is 21.5 Å². The molecule has 0 fully saturated rings. The van der Waals surface area contributed by atoms with Gasteiger partial charge in [0.1, 0.15) is 0 Å². The van der Waals surface area contributed by atoms with E-state index >= 15 is 0 Å². The largest absolute Gasteiger partial charge is 0.313 e. The highest BCUT2D eigenvalue weighted by atomic mass is 79.9. The molecular weight excluding hydrogens is 296 g/mol. The number of pyridine rings is 1. The van der Waals surface area contributed by atoms with Crippen molar-refractivity contribution in [3.05, 3.63) is 34.8 Å². The molecule has 0 spiro atoms. The zero-order valence-electron chi connectivity index (χ0n) is 10.4. The summed E-state index contributed by atoms with van der Waals surface area (Å²) < 4.78 is 2.59. The molecule has 0 radical (unpaired) electrons. The Balaban J connectivity index is 2.43. The number of nitrogens with zero attached hydrogens (tertiary/aromatic N) is 4. The fraction of sp³-hybridized carbons (Fsp3) is 0.250. The average Bonchev–Trinajstić information content (AvgIpc) is 2.70. The van der Waals surface area contributed by atoms with E-state index in [1.807, 2.05) is 19.2 Å². The summed E-state index contributed by atoms with van der Waals surface area (Å²) in [7, 11) is 1.73. The molecule has 94 valence electrons. The summed E-state index contributed by atoms with van der Waals surface area (Å²) in [6, 6.07) is 1.91. The van der Waals surface area contributed by atoms with Crippen molar-refractivity contribution in [2.45, 2.75) is 13.8 Å². The first-order valence-corrected chi connectivity index (χ1v) is 6.20. The van der Waals surface area contributed by atoms with Gasteiger partial charge in [-0.1, -0.05) is 0 Å². The number of anilines is 1. The number of rotatable bonds is 2. The van der Waals surface area contributed by atoms with Gasteiger partial charge in [-0.05, 0) is 28.9 Å². The topological polar surface area (TPSA) is 51.0 Å². The minimum absolute atomic E-state index is 0.0231. The van der Waals surface area contributed by atoms with Crippen molar-refractivity contribution in [3.63, 3.8) is 0 Å². The molecular formula is C12H13BrN4O. The van der Waals surface area contributed by atoms with Crippen LogP contribution >= 0.6 is 15.9 Å². The second kappa shape index (κ2) is 4.89. The van der Waals surface area contributed by atoms with E-state index in [4.69, 9.17) is 0 Å². The molecule has 18 heavy (non-hydrogen) atoms. The molecule has 2 heterocycles. The molecule has 2 aromatic rings. The normalized spacial score (nSPS) is 10.4. The lowest BCUT2D eigenvalue weighted by Crippen LogP contribution is -2.22. The number of aromatic nitrogens is 3. The van der Waals surface area contributed by atoms with Crippen LogP contribution in [0.2, 0.25) is 0 Å². The van der Waals surface area contributed by atoms with E-state index in [1.165, 1.54) is 6.92 Å². The molecule has 1 amide bonds. The van der Waals surface area contributed by atoms with Crippen molar-refractivity contribution in [1.29, 1.82) is 0 Å². The van der Waals surface area contributed by atoms with E-state index < -0.39 is 0 Å². The average molecular weight is 309 g/mol. The zero-order valence-corrected chi connectivity index (χ0v) is 12.0. The predicted octanol–water partition coefficient (Wildman–Crippen LogP) is 2.32. The fourth-order valence-corrected chi connectivity index (χ4v) is 1.96. The molecule has 0 aliphatic rings. The molecule has 0 bridgehead atoms. The molecule has 0 unspecified atom stereocenters. The van der Waals surface area contributed by atoms with Gasteiger partial charge in [0.25, 0.3) is 0 Å². The maximum absolute atomic E-state index is 11.4. The van der Waals surface area contributed by atoms with Crippen LogP contribution in [-0.4, -0.2) is 27.7 Å². The summed E-state index contributed by atoms with van der Waals surface area (Å²) in [6.45, 7) is 3.40. The third-order valence-corrected chi connectivity index (χ3v) is 3.10. The number of carbonyl (C=O) groups is 1. The smallest absolute Gasteiger partial charge is 0.223 e. The monoisotopic (exact) mass is 308 g/mol. The van der Waals surface area contributed by atoms with Crippen molar-refractivity contribution in [1.82, 2.24) is 14.8 Å². The molecule has 0 aliphatic heterocycles. The molecule has 2 rings (SSSR count). The maximum Gasteiger partial charge on any atom is 0.223 e. The van der Waals surface area contributed by atoms with Gasteiger partial charge in [-0.25, -0.2) is 4.68 Å². The minimum Gasteiger partial charge on any atom is -0.313 e. The summed E-state index contributed by atoms with van der Waals surface area (Å²) >= 11 is 3.37. The minimum atomic E-state index is -0.0231. The molecule has 0 aromatic carbocycles. The maximum atomic E-state index is 11.4. The van der Waals surface area contributed by atoms with Crippen LogP contribution in [0.15, 0.2) is 29.1 Å². The van der Waals surface area contributed by atoms with E-state index in [2.05, 4.69) is 26.0 Å². The first-order chi connectivity index (χ1) is 8.49. The number of aryl methyl sites for hydroxylation is 1. The molecule has 0 N–H and O–H groups in total. The van der Waals surface area contributed by atoms with E-state index in [1.54, 1.807) is 29.0 Å². The third-order valence-electron chi connectivity index (χ3n) is 2.66. The number of amides is 1. The second-order valence-corrected chi connectivity index (χ2v) is 4.90. The molecule has 5 nitrogen and oxygen atoms in total. The van der Waals surface area contributed by atoms with Crippen molar-refractivity contribution >= 4 is 27.5 Å². The first-order valence-electron chi connectivity index (χ1n) is 5.40. The Hall–Kier alpha value is -1.69. The van der Waals surface area contributed by atoms with Gasteiger partial charge in [0.15, 0.2) is 0 Å². The first kappa shape index (κ1) is 12.8. The highest BCUT2D eigenvalue weighted by Gasteiger charge is 2.13. The van der Waals surface area contributed by atoms with Crippen molar-refractivity contribution in [2.75, 3.05) is 11.9 Å². The third kappa shape index (κ3) is 2.43. The molecule has 6 heteroatoms. The van der Waals surface area contributed by atoms with Gasteiger partial charge in [-0.2, -0.15) is 5.10 Å². The quantitative estimate of drug-likeness (QED) is 0.855. The lowest BCUT2D eigenvalue weighted by molar-refractivity contribution is -0.116. The van der Waals surface area contributed by atoms with Gasteiger partial charge in [-0.15, -0.1) is 0 Å². The van der Waals surface area contributed by atoms with Crippen LogP contribution in [0.1, 0.15) is 12.6 Å². The van der Waals surface area contributed by atoms with Crippen LogP contribution in [-0.2, 0) is 4.79 Å². The molecule has 2 aromatic heterocycles. The summed E-state index contributed by atoms with van der Waals surface area (Å²) in [5.41, 5.74) is 2.44. The van der Waals surface area contributed by atoms with E-state index in [0.29, 0.717) is 0 Å². The Morgan fingerprint density at radius 2 is 2.17 bits per heavy atom. The SMILES string of the molecule is CC(=O)N(C)c1cn(-c2cncc(Br)c2)nc1C. The van der Waals surface area contributed by atoms with Gasteiger partial charge >= 0.3 is 0 Å². The Morgan fingerprint density at radius 1 is 1.44 bits per heavy atom. The summed E-state index contributed by atoms with van der Waals surface area (Å²) in [5, 5.41) is 4.39. The number of hydrogen-bond acceptors (Lipinski definition) is 3. The van der Waals surface area contributed by atoms with Crippen LogP contribution in [0, 0.1) is 6.92 Å². The number of carbonyl (C=O) groups excluding carboxylic acids is 1. The van der Waals surface area contributed by atoms with Crippen LogP contribution in [0.4, 0.5) is 5.69 Å². The Bertz CT molecular complexity index is 594. The fourth-order valence-electron chi connectivity index (χ4n) is 1.61. The van der Waals surface area contributed by atoms with Crippen molar-refractivity contribution < 1.29 is 4.79 Å². The lowest BCUT2D eigenvalue weighted by Gasteiger charge is -2.12. The van der Waals surface area contributed by atoms with Crippen molar-refractivity contribution in [2.24, 2.45) is 0 Å². The molecule has 0 saturated heterocycles. The number of halogens is 1. The Morgan fingerprint density at radius 3 is 2.78 bits per heavy atom. The summed E-state index contributed by atoms with van der Waals surface area (Å²) in [5.74, 6) is -0.0231. The van der Waals surface area contributed by atoms with Gasteiger partial charge in [-0.3, -0.25) is 9.78 Å². The van der Waals surface area contributed by atoms with Crippen LogP contribution in [0.3, 0.4) is 0 Å². The second-order valence-electron chi connectivity index (χ2n) is 3.98. The van der Waals surface area contributed by atoms with Gasteiger partial charge in [0.2, 0.25) is 5.91 Å². The highest BCUT2D eigenvalue weighted by molar-refractivity contribution is 9.10. The van der Waals surface area contributed by atoms with Crippen LogP contribution in [0.5, 0.6) is 0 Å². The highest BCUT2D eigenvalue weighted by Crippen LogP contribution is 2.21. The predicted molar refractivity (Wildman–Crippen MR) is 72.9 cm³/mol. The van der Waals surface area contributed by atoms with Gasteiger partial charge in [0.05, 0.1) is 29.5 Å². The Labute approximate surface area is 114 Å². The standard InChI is InChI=1S/C12H13BrN4O/c1-8-12(16(3)9(2)18)7-17(15-8)11-4-10(13)5-14-6-11/h4-7H,1-3H3. The van der Waals surface area contributed by atoms with E-state index in [-0.39, 0.29) is 5.91 Å². The zero-order chi connectivity index (χ0) is 13.3. The molecule has 0 aliphatic carbocycles. The van der Waals surface area contributed by atoms with Crippen LogP contribution in [0.25, 0.3) is 5.69 Å². The van der Waals surface area contributed by atoms with E-state index in [9.17, 15) is 4.79 Å². The van der Waals surface area contributed by atoms with Gasteiger partial charge in [0, 0.05) is 24.6 Å². The summed E-state index contributed by atoms with van der Waals surface area (Å²) in [4.78, 5) is 17.0.